The fraction of sp³-hybridized carbons (Fsp3) is 0.643. The van der Waals surface area contributed by atoms with E-state index in [0.29, 0.717) is 22.1 Å². The summed E-state index contributed by atoms with van der Waals surface area (Å²) in [5.74, 6) is 0.551. The van der Waals surface area contributed by atoms with Crippen LogP contribution in [0.1, 0.15) is 45.6 Å². The molecule has 2 aromatic heterocycles. The van der Waals surface area contributed by atoms with Crippen molar-refractivity contribution in [1.29, 1.82) is 0 Å². The average Bonchev–Trinajstić information content (AvgIpc) is 2.73. The number of aromatic amines is 1. The number of nitrogens with one attached hydrogen (secondary N) is 1. The van der Waals surface area contributed by atoms with E-state index in [1.165, 1.54) is 19.2 Å². The van der Waals surface area contributed by atoms with Crippen LogP contribution in [0.25, 0.3) is 11.2 Å². The lowest BCUT2D eigenvalue weighted by molar-refractivity contribution is 0.184. The Hall–Kier alpha value is -1.43. The standard InChI is InChI=1S/C14H20N4OS/c1-14(2)6-4-5-9(7-14)18-11-10(17-13(18)20)12(19-3)16-8-15-11/h8-9H,4-7H2,1-3H3,(H,17,20). The lowest BCUT2D eigenvalue weighted by Crippen LogP contribution is -2.25. The summed E-state index contributed by atoms with van der Waals surface area (Å²) < 4.78 is 8.14. The van der Waals surface area contributed by atoms with Crippen LogP contribution in [0.4, 0.5) is 0 Å². The van der Waals surface area contributed by atoms with Crippen LogP contribution in [-0.4, -0.2) is 26.6 Å². The maximum Gasteiger partial charge on any atom is 0.242 e. The molecule has 20 heavy (non-hydrogen) atoms. The summed E-state index contributed by atoms with van der Waals surface area (Å²) >= 11 is 5.50. The molecule has 108 valence electrons. The number of fused-ring (bicyclic) bond motifs is 1. The first-order valence-electron chi connectivity index (χ1n) is 7.01. The van der Waals surface area contributed by atoms with E-state index in [2.05, 4.69) is 33.4 Å². The van der Waals surface area contributed by atoms with E-state index in [1.807, 2.05) is 0 Å². The first kappa shape index (κ1) is 13.5. The minimum atomic E-state index is 0.360. The van der Waals surface area contributed by atoms with Crippen LogP contribution in [0.5, 0.6) is 5.88 Å². The van der Waals surface area contributed by atoms with Crippen molar-refractivity contribution in [2.45, 2.75) is 45.6 Å². The zero-order valence-electron chi connectivity index (χ0n) is 12.1. The third-order valence-corrected chi connectivity index (χ3v) is 4.51. The number of hydrogen-bond acceptors (Lipinski definition) is 4. The molecule has 0 aliphatic heterocycles. The summed E-state index contributed by atoms with van der Waals surface area (Å²) in [4.78, 5) is 11.7. The number of imidazole rings is 1. The van der Waals surface area contributed by atoms with E-state index in [1.54, 1.807) is 7.11 Å². The SMILES string of the molecule is COc1ncnc2c1[nH]c(=S)n2C1CCCC(C)(C)C1. The fourth-order valence-corrected chi connectivity index (χ4v) is 3.63. The molecule has 0 bridgehead atoms. The molecule has 6 heteroatoms. The van der Waals surface area contributed by atoms with Crippen LogP contribution in [0.15, 0.2) is 6.33 Å². The molecule has 1 N–H and O–H groups in total. The number of H-pyrrole nitrogens is 1. The van der Waals surface area contributed by atoms with Gasteiger partial charge in [0.1, 0.15) is 11.8 Å². The lowest BCUT2D eigenvalue weighted by atomic mass is 9.75. The molecular formula is C14H20N4OS. The smallest absolute Gasteiger partial charge is 0.242 e. The van der Waals surface area contributed by atoms with Crippen molar-refractivity contribution in [1.82, 2.24) is 19.5 Å². The van der Waals surface area contributed by atoms with Crippen molar-refractivity contribution in [2.24, 2.45) is 5.41 Å². The molecule has 1 aliphatic carbocycles. The van der Waals surface area contributed by atoms with Crippen molar-refractivity contribution < 1.29 is 4.74 Å². The summed E-state index contributed by atoms with van der Waals surface area (Å²) in [6.45, 7) is 4.65. The van der Waals surface area contributed by atoms with E-state index in [0.717, 1.165) is 24.0 Å². The summed E-state index contributed by atoms with van der Waals surface area (Å²) in [5, 5.41) is 0. The number of hydrogen-bond donors (Lipinski definition) is 1. The Morgan fingerprint density at radius 2 is 2.25 bits per heavy atom. The summed E-state index contributed by atoms with van der Waals surface area (Å²) in [6.07, 6.45) is 6.32. The summed E-state index contributed by atoms with van der Waals surface area (Å²) in [6, 6.07) is 0.402. The molecule has 2 aromatic rings. The minimum Gasteiger partial charge on any atom is -0.479 e. The Bertz CT molecular complexity index is 688. The average molecular weight is 292 g/mol. The number of rotatable bonds is 2. The highest BCUT2D eigenvalue weighted by molar-refractivity contribution is 7.71. The number of aromatic nitrogens is 4. The number of nitrogens with zero attached hydrogens (tertiary/aromatic N) is 3. The van der Waals surface area contributed by atoms with Gasteiger partial charge in [-0.15, -0.1) is 0 Å². The zero-order chi connectivity index (χ0) is 14.3. The summed E-state index contributed by atoms with van der Waals surface area (Å²) in [5.41, 5.74) is 2.01. The van der Waals surface area contributed by atoms with Gasteiger partial charge in [0.2, 0.25) is 5.88 Å². The van der Waals surface area contributed by atoms with Crippen molar-refractivity contribution in [3.8, 4) is 5.88 Å². The number of methoxy groups -OCH3 is 1. The van der Waals surface area contributed by atoms with Crippen molar-refractivity contribution >= 4 is 23.4 Å². The zero-order valence-corrected chi connectivity index (χ0v) is 13.0. The van der Waals surface area contributed by atoms with Gasteiger partial charge in [0.05, 0.1) is 7.11 Å². The van der Waals surface area contributed by atoms with Crippen LogP contribution >= 0.6 is 12.2 Å². The highest BCUT2D eigenvalue weighted by Crippen LogP contribution is 2.42. The fourth-order valence-electron chi connectivity index (χ4n) is 3.29. The second-order valence-corrected chi connectivity index (χ2v) is 6.68. The van der Waals surface area contributed by atoms with Crippen LogP contribution < -0.4 is 4.74 Å². The quantitative estimate of drug-likeness (QED) is 0.859. The molecule has 1 unspecified atom stereocenters. The number of ether oxygens (including phenoxy) is 1. The molecule has 0 saturated heterocycles. The van der Waals surface area contributed by atoms with E-state index < -0.39 is 0 Å². The third-order valence-electron chi connectivity index (χ3n) is 4.21. The Morgan fingerprint density at radius 1 is 1.45 bits per heavy atom. The van der Waals surface area contributed by atoms with Crippen LogP contribution in [0, 0.1) is 10.2 Å². The maximum atomic E-state index is 5.50. The highest BCUT2D eigenvalue weighted by Gasteiger charge is 2.30. The Kier molecular flexibility index (Phi) is 3.28. The van der Waals surface area contributed by atoms with Crippen LogP contribution in [0.2, 0.25) is 0 Å². The predicted molar refractivity (Wildman–Crippen MR) is 80.6 cm³/mol. The lowest BCUT2D eigenvalue weighted by Gasteiger charge is -2.35. The van der Waals surface area contributed by atoms with Gasteiger partial charge < -0.3 is 9.72 Å². The van der Waals surface area contributed by atoms with Gasteiger partial charge in [-0.25, -0.2) is 4.98 Å². The Morgan fingerprint density at radius 3 is 2.95 bits per heavy atom. The maximum absolute atomic E-state index is 5.50. The van der Waals surface area contributed by atoms with Gasteiger partial charge in [-0.3, -0.25) is 4.57 Å². The molecular weight excluding hydrogens is 272 g/mol. The monoisotopic (exact) mass is 292 g/mol. The molecule has 2 heterocycles. The van der Waals surface area contributed by atoms with Crippen molar-refractivity contribution in [3.63, 3.8) is 0 Å². The second-order valence-electron chi connectivity index (χ2n) is 6.30. The van der Waals surface area contributed by atoms with Crippen LogP contribution in [0.3, 0.4) is 0 Å². The van der Waals surface area contributed by atoms with Crippen molar-refractivity contribution in [3.05, 3.63) is 11.1 Å². The molecule has 3 rings (SSSR count). The van der Waals surface area contributed by atoms with Gasteiger partial charge in [-0.2, -0.15) is 4.98 Å². The van der Waals surface area contributed by atoms with Gasteiger partial charge in [0.25, 0.3) is 0 Å². The molecule has 0 spiro atoms. The normalized spacial score (nSPS) is 22.1. The molecule has 0 amide bonds. The Balaban J connectivity index is 2.12. The van der Waals surface area contributed by atoms with Gasteiger partial charge in [0, 0.05) is 6.04 Å². The van der Waals surface area contributed by atoms with E-state index >= 15 is 0 Å². The van der Waals surface area contributed by atoms with Crippen molar-refractivity contribution in [2.75, 3.05) is 7.11 Å². The Labute approximate surface area is 123 Å². The molecule has 0 aromatic carbocycles. The minimum absolute atomic E-state index is 0.360. The first-order valence-corrected chi connectivity index (χ1v) is 7.42. The van der Waals surface area contributed by atoms with Gasteiger partial charge >= 0.3 is 0 Å². The molecule has 0 radical (unpaired) electrons. The van der Waals surface area contributed by atoms with E-state index in [4.69, 9.17) is 17.0 Å². The van der Waals surface area contributed by atoms with Gasteiger partial charge in [-0.1, -0.05) is 20.3 Å². The second kappa shape index (κ2) is 4.84. The third kappa shape index (κ3) is 2.22. The van der Waals surface area contributed by atoms with Crippen LogP contribution in [-0.2, 0) is 0 Å². The molecule has 5 nitrogen and oxygen atoms in total. The van der Waals surface area contributed by atoms with E-state index in [-0.39, 0.29) is 0 Å². The summed E-state index contributed by atoms with van der Waals surface area (Å²) in [7, 11) is 1.61. The molecule has 1 saturated carbocycles. The highest BCUT2D eigenvalue weighted by atomic mass is 32.1. The van der Waals surface area contributed by atoms with Gasteiger partial charge in [0.15, 0.2) is 10.4 Å². The largest absolute Gasteiger partial charge is 0.479 e. The topological polar surface area (TPSA) is 55.7 Å². The molecule has 1 atom stereocenters. The van der Waals surface area contributed by atoms with E-state index in [9.17, 15) is 0 Å². The first-order chi connectivity index (χ1) is 9.52. The predicted octanol–water partition coefficient (Wildman–Crippen LogP) is 3.64. The molecule has 1 fully saturated rings. The molecule has 1 aliphatic rings. The van der Waals surface area contributed by atoms with Gasteiger partial charge in [-0.05, 0) is 36.9 Å².